The molecular formula is C12H10N2O3S. The first-order valence-electron chi connectivity index (χ1n) is 5.07. The number of urea groups is 1. The van der Waals surface area contributed by atoms with Gasteiger partial charge in [-0.3, -0.25) is 5.32 Å². The standard InChI is InChI=1S/C12H10N2O3S/c13-12(17)14-10-8(11(15)16)6-9(18-10)7-4-2-1-3-5-7/h1-6H,(H,15,16)(H3,13,14,17). The van der Waals surface area contributed by atoms with E-state index in [4.69, 9.17) is 10.8 Å². The van der Waals surface area contributed by atoms with E-state index >= 15 is 0 Å². The first kappa shape index (κ1) is 12.1. The molecule has 2 amide bonds. The predicted molar refractivity (Wildman–Crippen MR) is 69.9 cm³/mol. The highest BCUT2D eigenvalue weighted by molar-refractivity contribution is 7.20. The minimum atomic E-state index is -1.10. The van der Waals surface area contributed by atoms with Crippen molar-refractivity contribution in [2.75, 3.05) is 5.32 Å². The summed E-state index contributed by atoms with van der Waals surface area (Å²) in [5.41, 5.74) is 5.94. The number of primary amides is 1. The number of benzene rings is 1. The average Bonchev–Trinajstić information content (AvgIpc) is 2.73. The Labute approximate surface area is 107 Å². The van der Waals surface area contributed by atoms with Crippen LogP contribution in [-0.2, 0) is 0 Å². The SMILES string of the molecule is NC(=O)Nc1sc(-c2ccccc2)cc1C(=O)O. The third kappa shape index (κ3) is 2.49. The van der Waals surface area contributed by atoms with Gasteiger partial charge >= 0.3 is 12.0 Å². The third-order valence-corrected chi connectivity index (χ3v) is 3.36. The van der Waals surface area contributed by atoms with Gasteiger partial charge in [-0.05, 0) is 11.6 Å². The molecule has 18 heavy (non-hydrogen) atoms. The van der Waals surface area contributed by atoms with E-state index in [2.05, 4.69) is 5.32 Å². The molecule has 2 aromatic rings. The van der Waals surface area contributed by atoms with Gasteiger partial charge in [-0.15, -0.1) is 11.3 Å². The maximum Gasteiger partial charge on any atom is 0.338 e. The van der Waals surface area contributed by atoms with E-state index in [0.717, 1.165) is 10.4 Å². The summed E-state index contributed by atoms with van der Waals surface area (Å²) >= 11 is 1.18. The van der Waals surface area contributed by atoms with Gasteiger partial charge in [0, 0.05) is 4.88 Å². The summed E-state index contributed by atoms with van der Waals surface area (Å²) in [5.74, 6) is -1.10. The van der Waals surface area contributed by atoms with E-state index in [1.54, 1.807) is 0 Å². The highest BCUT2D eigenvalue weighted by Crippen LogP contribution is 2.35. The summed E-state index contributed by atoms with van der Waals surface area (Å²) in [7, 11) is 0. The molecule has 0 aliphatic rings. The number of hydrogen-bond donors (Lipinski definition) is 3. The molecule has 0 fully saturated rings. The lowest BCUT2D eigenvalue weighted by molar-refractivity contribution is 0.0698. The summed E-state index contributed by atoms with van der Waals surface area (Å²) in [5, 5.41) is 11.6. The number of thiophene rings is 1. The van der Waals surface area contributed by atoms with Gasteiger partial charge in [0.05, 0.1) is 5.56 Å². The Morgan fingerprint density at radius 3 is 2.44 bits per heavy atom. The van der Waals surface area contributed by atoms with Gasteiger partial charge in [0.1, 0.15) is 5.00 Å². The largest absolute Gasteiger partial charge is 0.478 e. The smallest absolute Gasteiger partial charge is 0.338 e. The molecule has 0 saturated heterocycles. The van der Waals surface area contributed by atoms with Crippen LogP contribution in [-0.4, -0.2) is 17.1 Å². The Morgan fingerprint density at radius 1 is 1.22 bits per heavy atom. The lowest BCUT2D eigenvalue weighted by atomic mass is 10.1. The van der Waals surface area contributed by atoms with Crippen LogP contribution in [0.1, 0.15) is 10.4 Å². The summed E-state index contributed by atoms with van der Waals surface area (Å²) in [6, 6.07) is 10.1. The van der Waals surface area contributed by atoms with Crippen molar-refractivity contribution in [3.8, 4) is 10.4 Å². The lowest BCUT2D eigenvalue weighted by Crippen LogP contribution is -2.19. The summed E-state index contributed by atoms with van der Waals surface area (Å²) in [6.45, 7) is 0. The molecule has 0 radical (unpaired) electrons. The fourth-order valence-corrected chi connectivity index (χ4v) is 2.56. The molecule has 1 aromatic heterocycles. The monoisotopic (exact) mass is 262 g/mol. The van der Waals surface area contributed by atoms with Crippen LogP contribution >= 0.6 is 11.3 Å². The maximum atomic E-state index is 11.1. The molecule has 6 heteroatoms. The molecule has 0 saturated carbocycles. The van der Waals surface area contributed by atoms with E-state index in [1.165, 1.54) is 17.4 Å². The van der Waals surface area contributed by atoms with E-state index in [-0.39, 0.29) is 10.6 Å². The molecule has 0 unspecified atom stereocenters. The van der Waals surface area contributed by atoms with Crippen molar-refractivity contribution in [2.24, 2.45) is 5.73 Å². The minimum Gasteiger partial charge on any atom is -0.478 e. The number of carbonyl (C=O) groups excluding carboxylic acids is 1. The molecular weight excluding hydrogens is 252 g/mol. The third-order valence-electron chi connectivity index (χ3n) is 2.26. The Morgan fingerprint density at radius 2 is 1.89 bits per heavy atom. The number of amides is 2. The van der Waals surface area contributed by atoms with Gasteiger partial charge in [-0.25, -0.2) is 9.59 Å². The number of nitrogens with one attached hydrogen (secondary N) is 1. The highest BCUT2D eigenvalue weighted by atomic mass is 32.1. The number of nitrogens with two attached hydrogens (primary N) is 1. The van der Waals surface area contributed by atoms with Crippen LogP contribution in [0.4, 0.5) is 9.80 Å². The molecule has 0 aliphatic heterocycles. The van der Waals surface area contributed by atoms with Crippen molar-refractivity contribution in [1.29, 1.82) is 0 Å². The van der Waals surface area contributed by atoms with Crippen LogP contribution in [0.5, 0.6) is 0 Å². The van der Waals surface area contributed by atoms with Crippen molar-refractivity contribution in [3.63, 3.8) is 0 Å². The number of rotatable bonds is 3. The highest BCUT2D eigenvalue weighted by Gasteiger charge is 2.16. The van der Waals surface area contributed by atoms with Crippen molar-refractivity contribution in [3.05, 3.63) is 42.0 Å². The van der Waals surface area contributed by atoms with Crippen molar-refractivity contribution in [1.82, 2.24) is 0 Å². The van der Waals surface area contributed by atoms with Crippen LogP contribution in [0.15, 0.2) is 36.4 Å². The molecule has 4 N–H and O–H groups in total. The molecule has 2 rings (SSSR count). The summed E-state index contributed by atoms with van der Waals surface area (Å²) < 4.78 is 0. The summed E-state index contributed by atoms with van der Waals surface area (Å²) in [4.78, 5) is 22.6. The normalized spacial score (nSPS) is 10.0. The van der Waals surface area contributed by atoms with Gasteiger partial charge in [0.2, 0.25) is 0 Å². The Hall–Kier alpha value is -2.34. The number of hydrogen-bond acceptors (Lipinski definition) is 3. The van der Waals surface area contributed by atoms with Crippen LogP contribution in [0.2, 0.25) is 0 Å². The quantitative estimate of drug-likeness (QED) is 0.793. The topological polar surface area (TPSA) is 92.4 Å². The van der Waals surface area contributed by atoms with Gasteiger partial charge in [0.15, 0.2) is 0 Å². The number of aromatic carboxylic acids is 1. The minimum absolute atomic E-state index is 0.0395. The second-order valence-corrected chi connectivity index (χ2v) is 4.57. The van der Waals surface area contributed by atoms with E-state index in [1.807, 2.05) is 30.3 Å². The van der Waals surface area contributed by atoms with Gasteiger partial charge < -0.3 is 10.8 Å². The summed E-state index contributed by atoms with van der Waals surface area (Å²) in [6.07, 6.45) is 0. The van der Waals surface area contributed by atoms with Crippen LogP contribution < -0.4 is 11.1 Å². The van der Waals surface area contributed by atoms with Crippen molar-refractivity contribution in [2.45, 2.75) is 0 Å². The first-order chi connectivity index (χ1) is 8.58. The second-order valence-electron chi connectivity index (χ2n) is 3.51. The van der Waals surface area contributed by atoms with Crippen LogP contribution in [0.25, 0.3) is 10.4 Å². The maximum absolute atomic E-state index is 11.1. The molecule has 0 spiro atoms. The van der Waals surface area contributed by atoms with E-state index in [9.17, 15) is 9.59 Å². The Bertz CT molecular complexity index is 593. The second kappa shape index (κ2) is 4.89. The van der Waals surface area contributed by atoms with Gasteiger partial charge in [0.25, 0.3) is 0 Å². The van der Waals surface area contributed by atoms with Gasteiger partial charge in [-0.2, -0.15) is 0 Å². The van der Waals surface area contributed by atoms with E-state index < -0.39 is 12.0 Å². The molecule has 1 heterocycles. The molecule has 1 aromatic carbocycles. The van der Waals surface area contributed by atoms with Crippen molar-refractivity contribution >= 4 is 28.3 Å². The molecule has 0 bridgehead atoms. The Balaban J connectivity index is 2.45. The fourth-order valence-electron chi connectivity index (χ4n) is 1.50. The first-order valence-corrected chi connectivity index (χ1v) is 5.88. The zero-order chi connectivity index (χ0) is 13.1. The number of carbonyl (C=O) groups is 2. The molecule has 0 aliphatic carbocycles. The average molecular weight is 262 g/mol. The molecule has 0 atom stereocenters. The van der Waals surface area contributed by atoms with Crippen molar-refractivity contribution < 1.29 is 14.7 Å². The molecule has 5 nitrogen and oxygen atoms in total. The zero-order valence-corrected chi connectivity index (χ0v) is 10.0. The number of anilines is 1. The number of carboxylic acids is 1. The lowest BCUT2D eigenvalue weighted by Gasteiger charge is -1.98. The predicted octanol–water partition coefficient (Wildman–Crippen LogP) is 2.60. The zero-order valence-electron chi connectivity index (χ0n) is 9.21. The fraction of sp³-hybridized carbons (Fsp3) is 0. The van der Waals surface area contributed by atoms with Crippen LogP contribution in [0, 0.1) is 0 Å². The van der Waals surface area contributed by atoms with Crippen LogP contribution in [0.3, 0.4) is 0 Å². The molecule has 92 valence electrons. The Kier molecular flexibility index (Phi) is 3.29. The number of carboxylic acid groups (broad SMARTS) is 1. The van der Waals surface area contributed by atoms with E-state index in [0.29, 0.717) is 0 Å². The van der Waals surface area contributed by atoms with Gasteiger partial charge in [-0.1, -0.05) is 30.3 Å².